The van der Waals surface area contributed by atoms with Crippen LogP contribution in [0.5, 0.6) is 0 Å². The van der Waals surface area contributed by atoms with Gasteiger partial charge in [0.25, 0.3) is 0 Å². The van der Waals surface area contributed by atoms with Crippen LogP contribution in [0.4, 0.5) is 0 Å². The maximum Gasteiger partial charge on any atom is 0.178 e. The minimum atomic E-state index is -3.08. The summed E-state index contributed by atoms with van der Waals surface area (Å²) in [5, 5.41) is 0. The van der Waals surface area contributed by atoms with Crippen molar-refractivity contribution in [2.45, 2.75) is 23.8 Å². The lowest BCUT2D eigenvalue weighted by Crippen LogP contribution is -2.32. The second-order valence-corrected chi connectivity index (χ2v) is 6.86. The summed E-state index contributed by atoms with van der Waals surface area (Å²) >= 11 is 0. The van der Waals surface area contributed by atoms with Crippen LogP contribution in [0.1, 0.15) is 24.4 Å². The van der Waals surface area contributed by atoms with Gasteiger partial charge in [0.15, 0.2) is 9.84 Å². The molecule has 2 rings (SSSR count). The lowest BCUT2D eigenvalue weighted by Gasteiger charge is -2.32. The molecule has 0 saturated carbocycles. The molecule has 1 aromatic rings. The van der Waals surface area contributed by atoms with Crippen LogP contribution in [0.3, 0.4) is 0 Å². The van der Waals surface area contributed by atoms with Crippen LogP contribution < -0.4 is 5.73 Å². The number of benzene rings is 1. The van der Waals surface area contributed by atoms with Crippen molar-refractivity contribution in [1.82, 2.24) is 4.90 Å². The zero-order valence-electron chi connectivity index (χ0n) is 10.7. The van der Waals surface area contributed by atoms with E-state index >= 15 is 0 Å². The first-order valence-corrected chi connectivity index (χ1v) is 7.93. The molecular formula is C13H20N2O2S. The molecule has 0 fully saturated rings. The standard InChI is InChI=1S/C13H20N2O2S/c1-15(9-4-8-14)12-7-10-18(16,17)13-6-3-2-5-11(12)13/h2-3,5-6,12H,4,7-10,14H2,1H3. The molecule has 4 nitrogen and oxygen atoms in total. The Morgan fingerprint density at radius 1 is 1.39 bits per heavy atom. The van der Waals surface area contributed by atoms with Crippen LogP contribution in [0.2, 0.25) is 0 Å². The maximum atomic E-state index is 12.0. The molecule has 100 valence electrons. The van der Waals surface area contributed by atoms with Crippen molar-refractivity contribution in [2.24, 2.45) is 5.73 Å². The molecule has 1 aliphatic heterocycles. The van der Waals surface area contributed by atoms with Gasteiger partial charge in [-0.2, -0.15) is 0 Å². The van der Waals surface area contributed by atoms with E-state index in [-0.39, 0.29) is 11.8 Å². The summed E-state index contributed by atoms with van der Waals surface area (Å²) in [5.41, 5.74) is 6.46. The fourth-order valence-corrected chi connectivity index (χ4v) is 4.13. The normalized spacial score (nSPS) is 21.8. The number of fused-ring (bicyclic) bond motifs is 1. The van der Waals surface area contributed by atoms with Crippen molar-refractivity contribution >= 4 is 9.84 Å². The fraction of sp³-hybridized carbons (Fsp3) is 0.538. The lowest BCUT2D eigenvalue weighted by atomic mass is 10.0. The Balaban J connectivity index is 2.31. The van der Waals surface area contributed by atoms with E-state index in [0.717, 1.165) is 18.5 Å². The van der Waals surface area contributed by atoms with Gasteiger partial charge in [-0.15, -0.1) is 0 Å². The predicted octanol–water partition coefficient (Wildman–Crippen LogP) is 1.19. The molecule has 0 amide bonds. The number of nitrogens with two attached hydrogens (primary N) is 1. The average molecular weight is 268 g/mol. The van der Waals surface area contributed by atoms with Gasteiger partial charge in [0, 0.05) is 6.04 Å². The third-order valence-electron chi connectivity index (χ3n) is 3.52. The van der Waals surface area contributed by atoms with Crippen LogP contribution in [-0.2, 0) is 9.84 Å². The highest BCUT2D eigenvalue weighted by molar-refractivity contribution is 7.91. The molecule has 1 unspecified atom stereocenters. The molecule has 18 heavy (non-hydrogen) atoms. The molecule has 0 aliphatic carbocycles. The van der Waals surface area contributed by atoms with Gasteiger partial charge < -0.3 is 5.73 Å². The summed E-state index contributed by atoms with van der Waals surface area (Å²) in [6, 6.07) is 7.53. The van der Waals surface area contributed by atoms with E-state index in [1.165, 1.54) is 0 Å². The van der Waals surface area contributed by atoms with E-state index in [4.69, 9.17) is 5.73 Å². The molecule has 0 saturated heterocycles. The van der Waals surface area contributed by atoms with Crippen molar-refractivity contribution in [3.05, 3.63) is 29.8 Å². The zero-order chi connectivity index (χ0) is 13.2. The Kier molecular flexibility index (Phi) is 4.04. The topological polar surface area (TPSA) is 63.4 Å². The molecule has 1 atom stereocenters. The summed E-state index contributed by atoms with van der Waals surface area (Å²) in [5.74, 6) is 0.238. The van der Waals surface area contributed by atoms with Gasteiger partial charge in [0.05, 0.1) is 10.6 Å². The Morgan fingerprint density at radius 2 is 2.11 bits per heavy atom. The summed E-state index contributed by atoms with van der Waals surface area (Å²) < 4.78 is 24.0. The molecule has 0 aromatic heterocycles. The van der Waals surface area contributed by atoms with Crippen molar-refractivity contribution in [3.63, 3.8) is 0 Å². The van der Waals surface area contributed by atoms with E-state index < -0.39 is 9.84 Å². The Labute approximate surface area is 109 Å². The van der Waals surface area contributed by atoms with Gasteiger partial charge in [-0.05, 0) is 44.6 Å². The summed E-state index contributed by atoms with van der Waals surface area (Å²) in [6.45, 7) is 1.56. The van der Waals surface area contributed by atoms with Crippen LogP contribution in [0.15, 0.2) is 29.2 Å². The molecule has 1 aromatic carbocycles. The zero-order valence-corrected chi connectivity index (χ0v) is 11.5. The van der Waals surface area contributed by atoms with Gasteiger partial charge in [-0.3, -0.25) is 4.90 Å². The SMILES string of the molecule is CN(CCCN)C1CCS(=O)(=O)c2ccccc21. The van der Waals surface area contributed by atoms with Crippen molar-refractivity contribution in [3.8, 4) is 0 Å². The monoisotopic (exact) mass is 268 g/mol. The number of nitrogens with zero attached hydrogens (tertiary/aromatic N) is 1. The van der Waals surface area contributed by atoms with Crippen LogP contribution >= 0.6 is 0 Å². The highest BCUT2D eigenvalue weighted by Crippen LogP contribution is 2.35. The predicted molar refractivity (Wildman–Crippen MR) is 72.2 cm³/mol. The second-order valence-electron chi connectivity index (χ2n) is 4.78. The van der Waals surface area contributed by atoms with Crippen LogP contribution in [-0.4, -0.2) is 39.2 Å². The molecule has 2 N–H and O–H groups in total. The minimum Gasteiger partial charge on any atom is -0.330 e. The minimum absolute atomic E-state index is 0.191. The van der Waals surface area contributed by atoms with E-state index in [0.29, 0.717) is 17.9 Å². The van der Waals surface area contributed by atoms with Crippen molar-refractivity contribution in [1.29, 1.82) is 0 Å². The molecule has 0 radical (unpaired) electrons. The highest BCUT2D eigenvalue weighted by atomic mass is 32.2. The van der Waals surface area contributed by atoms with Crippen molar-refractivity contribution < 1.29 is 8.42 Å². The summed E-state index contributed by atoms with van der Waals surface area (Å²) in [7, 11) is -1.04. The third-order valence-corrected chi connectivity index (χ3v) is 5.34. The largest absolute Gasteiger partial charge is 0.330 e. The van der Waals surface area contributed by atoms with Gasteiger partial charge in [0.1, 0.15) is 0 Å². The Morgan fingerprint density at radius 3 is 2.83 bits per heavy atom. The van der Waals surface area contributed by atoms with Crippen LogP contribution in [0, 0.1) is 0 Å². The first kappa shape index (κ1) is 13.5. The summed E-state index contributed by atoms with van der Waals surface area (Å²) in [4.78, 5) is 2.71. The van der Waals surface area contributed by atoms with E-state index in [9.17, 15) is 8.42 Å². The quantitative estimate of drug-likeness (QED) is 0.891. The first-order valence-electron chi connectivity index (χ1n) is 6.28. The number of hydrogen-bond acceptors (Lipinski definition) is 4. The average Bonchev–Trinajstić information content (AvgIpc) is 2.36. The van der Waals surface area contributed by atoms with E-state index in [2.05, 4.69) is 4.90 Å². The van der Waals surface area contributed by atoms with E-state index in [1.54, 1.807) is 12.1 Å². The van der Waals surface area contributed by atoms with Crippen molar-refractivity contribution in [2.75, 3.05) is 25.9 Å². The molecule has 0 spiro atoms. The number of rotatable bonds is 4. The fourth-order valence-electron chi connectivity index (χ4n) is 2.53. The van der Waals surface area contributed by atoms with Gasteiger partial charge >= 0.3 is 0 Å². The molecule has 1 heterocycles. The first-order chi connectivity index (χ1) is 8.56. The Hall–Kier alpha value is -0.910. The van der Waals surface area contributed by atoms with Crippen LogP contribution in [0.25, 0.3) is 0 Å². The van der Waals surface area contributed by atoms with E-state index in [1.807, 2.05) is 19.2 Å². The second kappa shape index (κ2) is 5.38. The lowest BCUT2D eigenvalue weighted by molar-refractivity contribution is 0.232. The number of hydrogen-bond donors (Lipinski definition) is 1. The molecular weight excluding hydrogens is 248 g/mol. The molecule has 5 heteroatoms. The number of sulfone groups is 1. The third kappa shape index (κ3) is 2.58. The van der Waals surface area contributed by atoms with Gasteiger partial charge in [-0.1, -0.05) is 18.2 Å². The van der Waals surface area contributed by atoms with Gasteiger partial charge in [0.2, 0.25) is 0 Å². The summed E-state index contributed by atoms with van der Waals surface area (Å²) in [6.07, 6.45) is 1.60. The molecule has 0 bridgehead atoms. The highest BCUT2D eigenvalue weighted by Gasteiger charge is 2.31. The Bertz CT molecular complexity index is 513. The molecule has 1 aliphatic rings. The smallest absolute Gasteiger partial charge is 0.178 e. The van der Waals surface area contributed by atoms with Gasteiger partial charge in [-0.25, -0.2) is 8.42 Å². The maximum absolute atomic E-state index is 12.0.